The highest BCUT2D eigenvalue weighted by molar-refractivity contribution is 8.00. The third kappa shape index (κ3) is 38.6. The number of ether oxygens (including phenoxy) is 4. The molecule has 0 unspecified atom stereocenters. The molecule has 2 aromatic carbocycles. The topological polar surface area (TPSA) is 503 Å². The Bertz CT molecular complexity index is 3650. The van der Waals surface area contributed by atoms with Crippen LogP contribution in [0, 0.1) is 6.92 Å². The second kappa shape index (κ2) is 53.7. The first kappa shape index (κ1) is 93.6. The predicted molar refractivity (Wildman–Crippen MR) is 429 cm³/mol. The van der Waals surface area contributed by atoms with Crippen molar-refractivity contribution in [3.63, 3.8) is 0 Å². The quantitative estimate of drug-likeness (QED) is 0.0219. The summed E-state index contributed by atoms with van der Waals surface area (Å²) in [6, 6.07) is 14.1. The Kier molecular flexibility index (Phi) is 43.7. The molecule has 35 nitrogen and oxygen atoms in total. The van der Waals surface area contributed by atoms with Gasteiger partial charge in [-0.25, -0.2) is 9.59 Å². The number of rotatable bonds is 57. The van der Waals surface area contributed by atoms with Crippen LogP contribution in [0.5, 0.6) is 0 Å². The minimum absolute atomic E-state index is 0.0000128. The van der Waals surface area contributed by atoms with Crippen LogP contribution in [0.1, 0.15) is 158 Å². The second-order valence-electron chi connectivity index (χ2n) is 28.3. The van der Waals surface area contributed by atoms with E-state index >= 15 is 0 Å². The van der Waals surface area contributed by atoms with Gasteiger partial charge < -0.3 is 104 Å². The normalized spacial score (nSPS) is 16.0. The van der Waals surface area contributed by atoms with E-state index in [4.69, 9.17) is 24.7 Å². The molecule has 1 aromatic heterocycles. The number of aryl methyl sites for hydroxylation is 1. The lowest BCUT2D eigenvalue weighted by Gasteiger charge is -2.37. The average Bonchev–Trinajstić information content (AvgIpc) is 1.67. The molecule has 6 rings (SSSR count). The van der Waals surface area contributed by atoms with Gasteiger partial charge in [-0.1, -0.05) is 62.1 Å². The van der Waals surface area contributed by atoms with Crippen molar-refractivity contribution in [2.75, 3.05) is 109 Å². The molecule has 6 atom stereocenters. The van der Waals surface area contributed by atoms with Gasteiger partial charge >= 0.3 is 18.0 Å². The smallest absolute Gasteiger partial charge is 0.323 e. The number of nitrogens with one attached hydrogen (secondary N) is 14. The number of aliphatic carboxylic acids is 1. The number of carboxylic acids is 1. The first-order valence-electron chi connectivity index (χ1n) is 39.7. The van der Waals surface area contributed by atoms with Crippen molar-refractivity contribution in [3.05, 3.63) is 95.8 Å². The molecule has 0 spiro atoms. The zero-order valence-corrected chi connectivity index (χ0v) is 66.5. The fourth-order valence-electron chi connectivity index (χ4n) is 12.8. The van der Waals surface area contributed by atoms with Gasteiger partial charge in [-0.15, -0.1) is 0 Å². The number of nitrogens with zero attached hydrogens (tertiary/aromatic N) is 1. The lowest BCUT2D eigenvalue weighted by Crippen LogP contribution is -2.63. The van der Waals surface area contributed by atoms with E-state index in [1.165, 1.54) is 6.08 Å². The van der Waals surface area contributed by atoms with Crippen LogP contribution in [0.4, 0.5) is 21.0 Å². The molecule has 36 heteroatoms. The van der Waals surface area contributed by atoms with E-state index in [9.17, 15) is 72.2 Å². The molecule has 0 bridgehead atoms. The van der Waals surface area contributed by atoms with E-state index in [2.05, 4.69) is 79.4 Å². The number of para-hydroxylation sites is 1. The summed E-state index contributed by atoms with van der Waals surface area (Å²) in [5, 5.41) is 48.9. The Labute approximate surface area is 674 Å². The number of hydrogen-bond donors (Lipinski definition) is 16. The highest BCUT2D eigenvalue weighted by Crippen LogP contribution is 2.33. The van der Waals surface area contributed by atoms with Gasteiger partial charge in [0.2, 0.25) is 65.0 Å². The Morgan fingerprint density at radius 3 is 1.73 bits per heavy atom. The number of urea groups is 2. The van der Waals surface area contributed by atoms with Crippen LogP contribution in [0.2, 0.25) is 0 Å². The van der Waals surface area contributed by atoms with E-state index in [1.54, 1.807) is 60.9 Å². The van der Waals surface area contributed by atoms with Crippen molar-refractivity contribution < 1.29 is 91.2 Å². The molecule has 3 fully saturated rings. The van der Waals surface area contributed by atoms with Crippen molar-refractivity contribution >= 4 is 112 Å². The average molecular weight is 1630 g/mol. The number of anilines is 2. The molecule has 2 aliphatic heterocycles. The highest BCUT2D eigenvalue weighted by atomic mass is 32.2. The predicted octanol–water partition coefficient (Wildman–Crippen LogP) is 2.69. The third-order valence-electron chi connectivity index (χ3n) is 19.1. The molecule has 3 heterocycles. The molecule has 3 aliphatic rings. The Morgan fingerprint density at radius 2 is 1.13 bits per heavy atom. The van der Waals surface area contributed by atoms with Crippen LogP contribution < -0.4 is 80.2 Å². The molecule has 2 saturated heterocycles. The number of aromatic nitrogens is 1. The Balaban J connectivity index is 0.788. The van der Waals surface area contributed by atoms with Gasteiger partial charge in [0, 0.05) is 119 Å². The van der Waals surface area contributed by atoms with E-state index < -0.39 is 71.1 Å². The van der Waals surface area contributed by atoms with Crippen molar-refractivity contribution in [2.24, 2.45) is 5.73 Å². The van der Waals surface area contributed by atoms with Crippen LogP contribution in [-0.4, -0.2) is 232 Å². The SMILES string of the molecule is Cc1ccccc1NC(=O)Nc1ccc(CC(=O)NCCCC[C@H](NC(=O)C2(NC(=O)/C=C/c3cccnc3)CCCCC2)C(=O)N[C@@H](CCCC(=O)O)C(=O)NCCOCCOCCNC(=O)CCC(=O)NCCOCCOCCNC(=O)CCC(=O)N[C@@H](CCCCNC(=O)CCCC[C@H]2SC[C@H]3NC(=O)N[C@H]32)C(N)=O)cc1. The monoisotopic (exact) mass is 1620 g/mol. The molecular formula is C79H116N16O19S. The first-order chi connectivity index (χ1) is 55.5. The largest absolute Gasteiger partial charge is 0.481 e. The van der Waals surface area contributed by atoms with Crippen LogP contribution in [0.15, 0.2) is 79.1 Å². The number of unbranched alkanes of at least 4 members (excludes halogenated alkanes) is 3. The number of benzene rings is 2. The number of primary amides is 1. The molecule has 115 heavy (non-hydrogen) atoms. The maximum atomic E-state index is 14.5. The zero-order valence-electron chi connectivity index (χ0n) is 65.6. The van der Waals surface area contributed by atoms with Crippen LogP contribution >= 0.6 is 11.8 Å². The van der Waals surface area contributed by atoms with Crippen LogP contribution in [0.3, 0.4) is 0 Å². The summed E-state index contributed by atoms with van der Waals surface area (Å²) in [4.78, 5) is 183. The number of carbonyl (C=O) groups is 14. The summed E-state index contributed by atoms with van der Waals surface area (Å²) >= 11 is 1.84. The molecule has 15 amide bonds. The molecule has 0 radical (unpaired) electrons. The molecular weight excluding hydrogens is 1510 g/mol. The molecule has 3 aromatic rings. The maximum absolute atomic E-state index is 14.5. The second-order valence-corrected chi connectivity index (χ2v) is 29.5. The summed E-state index contributed by atoms with van der Waals surface area (Å²) in [6.07, 6.45) is 13.1. The van der Waals surface area contributed by atoms with Gasteiger partial charge in [0.05, 0.1) is 71.4 Å². The van der Waals surface area contributed by atoms with Gasteiger partial charge in [0.1, 0.15) is 23.7 Å². The van der Waals surface area contributed by atoms with Crippen LogP contribution in [0.25, 0.3) is 6.08 Å². The summed E-state index contributed by atoms with van der Waals surface area (Å²) in [5.41, 5.74) is 7.62. The number of pyridine rings is 1. The fraction of sp³-hybridized carbons (Fsp3) is 0.582. The van der Waals surface area contributed by atoms with Gasteiger partial charge in [-0.05, 0) is 131 Å². The van der Waals surface area contributed by atoms with Crippen molar-refractivity contribution in [2.45, 2.75) is 196 Å². The lowest BCUT2D eigenvalue weighted by atomic mass is 9.80. The molecule has 632 valence electrons. The van der Waals surface area contributed by atoms with Crippen molar-refractivity contribution in [1.29, 1.82) is 0 Å². The fourth-order valence-corrected chi connectivity index (χ4v) is 14.4. The van der Waals surface area contributed by atoms with Crippen molar-refractivity contribution in [1.82, 2.24) is 68.8 Å². The number of hydrogen-bond acceptors (Lipinski definition) is 20. The Morgan fingerprint density at radius 1 is 0.565 bits per heavy atom. The minimum Gasteiger partial charge on any atom is -0.481 e. The van der Waals surface area contributed by atoms with Gasteiger partial charge in [-0.3, -0.25) is 62.5 Å². The number of thioether (sulfide) groups is 1. The summed E-state index contributed by atoms with van der Waals surface area (Å²) < 4.78 is 22.1. The number of carboxylic acid groups (broad SMARTS) is 1. The number of nitrogens with two attached hydrogens (primary N) is 1. The minimum atomic E-state index is -1.37. The zero-order chi connectivity index (χ0) is 82.8. The van der Waals surface area contributed by atoms with Gasteiger partial charge in [0.15, 0.2) is 0 Å². The Hall–Kier alpha value is -10.3. The van der Waals surface area contributed by atoms with E-state index in [0.29, 0.717) is 92.1 Å². The third-order valence-corrected chi connectivity index (χ3v) is 20.6. The molecule has 1 aliphatic carbocycles. The van der Waals surface area contributed by atoms with Gasteiger partial charge in [-0.2, -0.15) is 11.8 Å². The van der Waals surface area contributed by atoms with Crippen molar-refractivity contribution in [3.8, 4) is 0 Å². The summed E-state index contributed by atoms with van der Waals surface area (Å²) in [6.45, 7) is 4.28. The van der Waals surface area contributed by atoms with E-state index in [1.807, 2.05) is 36.9 Å². The van der Waals surface area contributed by atoms with Crippen LogP contribution in [-0.2, 0) is 82.9 Å². The number of amides is 15. The standard InChI is InChI=1S/C79H116N16O19S/c1-54-15-3-4-17-58(54)92-77(109)88-57-27-24-55(25-28-57)51-70(102)83-38-12-8-19-61(91-76(108)79(34-9-2-10-35-79)95-69(101)29-26-56-16-14-36-81-52-56)75(107)90-60(20-13-23-71(103)104)74(106)87-42-46-114-50-49-113-44-40-85-66(98)31-30-65(97)84-39-43-111-47-48-112-45-41-86-67(99)32-33-68(100)89-59(73(80)105)18-7-11-37-82-64(96)22-6-5-21-63-72-62(53-115-63)93-78(110)94-72/h3-4,14-17,24-29,36,52,59-63,72H,2,5-13,18-23,30-35,37-51,53H2,1H3,(H2,80,105)(H,82,96)(H,83,102)(H,84,97)(H,85,98)(H,86,99)(H,87,106)(H,89,100)(H,90,107)(H,91,108)(H,95,101)(H,103,104)(H2,88,92,109)(H2,93,94,110)/b29-26+/t59-,60-,61-,62+,63+,72+/m0/s1. The summed E-state index contributed by atoms with van der Waals surface area (Å²) in [5.74, 6) is -5.29. The lowest BCUT2D eigenvalue weighted by molar-refractivity contribution is -0.138. The van der Waals surface area contributed by atoms with Gasteiger partial charge in [0.25, 0.3) is 0 Å². The number of fused-ring (bicyclic) bond motifs is 1. The summed E-state index contributed by atoms with van der Waals surface area (Å²) in [7, 11) is 0. The van der Waals surface area contributed by atoms with E-state index in [-0.39, 0.29) is 197 Å². The molecule has 1 saturated carbocycles. The highest BCUT2D eigenvalue weighted by Gasteiger charge is 2.44. The first-order valence-corrected chi connectivity index (χ1v) is 40.7. The maximum Gasteiger partial charge on any atom is 0.323 e. The molecule has 17 N–H and O–H groups in total. The number of carbonyl (C=O) groups excluding carboxylic acids is 13. The van der Waals surface area contributed by atoms with E-state index in [0.717, 1.165) is 37.0 Å².